The second-order valence-electron chi connectivity index (χ2n) is 5.30. The number of nitrogens with one attached hydrogen (secondary N) is 1. The zero-order chi connectivity index (χ0) is 13.3. The van der Waals surface area contributed by atoms with Gasteiger partial charge in [0.25, 0.3) is 0 Å². The maximum absolute atomic E-state index is 11.9. The van der Waals surface area contributed by atoms with E-state index in [1.54, 1.807) is 0 Å². The largest absolute Gasteiger partial charge is 0.391 e. The third kappa shape index (κ3) is 8.19. The van der Waals surface area contributed by atoms with E-state index in [1.165, 1.54) is 0 Å². The number of hydrogen-bond acceptors (Lipinski definition) is 2. The van der Waals surface area contributed by atoms with Crippen molar-refractivity contribution >= 4 is 5.91 Å². The highest BCUT2D eigenvalue weighted by atomic mass is 16.3. The molecule has 0 aromatic carbocycles. The molecule has 17 heavy (non-hydrogen) atoms. The van der Waals surface area contributed by atoms with Crippen LogP contribution < -0.4 is 5.32 Å². The molecule has 102 valence electrons. The van der Waals surface area contributed by atoms with Crippen LogP contribution in [0.3, 0.4) is 0 Å². The molecule has 0 aliphatic carbocycles. The van der Waals surface area contributed by atoms with Crippen LogP contribution in [0.2, 0.25) is 0 Å². The normalized spacial score (nSPS) is 13.1. The fourth-order valence-corrected chi connectivity index (χ4v) is 2.09. The molecule has 2 N–H and O–H groups in total. The molecule has 0 rings (SSSR count). The maximum Gasteiger partial charge on any atom is 0.223 e. The van der Waals surface area contributed by atoms with Gasteiger partial charge in [-0.1, -0.05) is 40.5 Å². The number of hydrogen-bond donors (Lipinski definition) is 2. The quantitative estimate of drug-likeness (QED) is 0.654. The minimum atomic E-state index is -0.414. The van der Waals surface area contributed by atoms with Crippen molar-refractivity contribution in [2.24, 2.45) is 11.8 Å². The molecule has 3 nitrogen and oxygen atoms in total. The summed E-state index contributed by atoms with van der Waals surface area (Å²) in [5, 5.41) is 12.6. The highest BCUT2D eigenvalue weighted by molar-refractivity contribution is 5.78. The number of carbonyl (C=O) groups excluding carboxylic acids is 1. The Hall–Kier alpha value is -0.570. The first-order valence-electron chi connectivity index (χ1n) is 6.96. The van der Waals surface area contributed by atoms with Crippen LogP contribution in [0.5, 0.6) is 0 Å². The van der Waals surface area contributed by atoms with Gasteiger partial charge in [-0.25, -0.2) is 0 Å². The first-order chi connectivity index (χ1) is 8.01. The second-order valence-corrected chi connectivity index (χ2v) is 5.30. The summed E-state index contributed by atoms with van der Waals surface area (Å²) in [5.74, 6) is 0.691. The number of aliphatic hydroxyl groups is 1. The molecular formula is C14H29NO2. The summed E-state index contributed by atoms with van der Waals surface area (Å²) >= 11 is 0. The number of aliphatic hydroxyl groups excluding tert-OH is 1. The lowest BCUT2D eigenvalue weighted by atomic mass is 9.97. The van der Waals surface area contributed by atoms with Crippen LogP contribution in [0.1, 0.15) is 59.8 Å². The second kappa shape index (κ2) is 9.46. The molecule has 0 saturated carbocycles. The summed E-state index contributed by atoms with van der Waals surface area (Å²) in [5.41, 5.74) is 0. The third-order valence-electron chi connectivity index (χ3n) is 2.90. The molecule has 0 radical (unpaired) electrons. The molecule has 1 atom stereocenters. The highest BCUT2D eigenvalue weighted by Crippen LogP contribution is 2.13. The van der Waals surface area contributed by atoms with Gasteiger partial charge in [0.2, 0.25) is 5.91 Å². The van der Waals surface area contributed by atoms with E-state index in [4.69, 9.17) is 0 Å². The standard InChI is InChI=1S/C14H29NO2/c1-5-7-12(8-6-2)14(17)15-10-13(16)9-11(3)4/h11-13,16H,5-10H2,1-4H3,(H,15,17). The lowest BCUT2D eigenvalue weighted by Crippen LogP contribution is -2.36. The average molecular weight is 243 g/mol. The van der Waals surface area contributed by atoms with E-state index in [0.29, 0.717) is 12.5 Å². The van der Waals surface area contributed by atoms with Gasteiger partial charge in [0, 0.05) is 12.5 Å². The minimum Gasteiger partial charge on any atom is -0.391 e. The number of amides is 1. The molecule has 0 saturated heterocycles. The molecule has 3 heteroatoms. The van der Waals surface area contributed by atoms with E-state index in [0.717, 1.165) is 32.1 Å². The summed E-state index contributed by atoms with van der Waals surface area (Å²) in [6, 6.07) is 0. The molecule has 0 aliphatic rings. The average Bonchev–Trinajstić information content (AvgIpc) is 2.24. The first kappa shape index (κ1) is 16.4. The summed E-state index contributed by atoms with van der Waals surface area (Å²) < 4.78 is 0. The molecule has 0 aromatic heterocycles. The molecular weight excluding hydrogens is 214 g/mol. The van der Waals surface area contributed by atoms with Crippen molar-refractivity contribution in [2.45, 2.75) is 65.9 Å². The Balaban J connectivity index is 3.95. The summed E-state index contributed by atoms with van der Waals surface area (Å²) in [6.07, 6.45) is 4.29. The third-order valence-corrected chi connectivity index (χ3v) is 2.90. The minimum absolute atomic E-state index is 0.108. The first-order valence-corrected chi connectivity index (χ1v) is 6.96. The SMILES string of the molecule is CCCC(CCC)C(=O)NCC(O)CC(C)C. The van der Waals surface area contributed by atoms with E-state index < -0.39 is 6.10 Å². The van der Waals surface area contributed by atoms with E-state index in [2.05, 4.69) is 33.0 Å². The number of rotatable bonds is 9. The zero-order valence-corrected chi connectivity index (χ0v) is 11.8. The lowest BCUT2D eigenvalue weighted by Gasteiger charge is -2.18. The van der Waals surface area contributed by atoms with Crippen molar-refractivity contribution < 1.29 is 9.90 Å². The van der Waals surface area contributed by atoms with Crippen molar-refractivity contribution in [3.63, 3.8) is 0 Å². The van der Waals surface area contributed by atoms with Gasteiger partial charge in [-0.3, -0.25) is 4.79 Å². The Morgan fingerprint density at radius 3 is 2.12 bits per heavy atom. The van der Waals surface area contributed by atoms with Crippen LogP contribution in [-0.4, -0.2) is 23.7 Å². The van der Waals surface area contributed by atoms with Gasteiger partial charge in [0.1, 0.15) is 0 Å². The zero-order valence-electron chi connectivity index (χ0n) is 11.8. The Morgan fingerprint density at radius 2 is 1.71 bits per heavy atom. The van der Waals surface area contributed by atoms with Crippen LogP contribution in [-0.2, 0) is 4.79 Å². The predicted octanol–water partition coefficient (Wildman–Crippen LogP) is 2.73. The Labute approximate surface area is 106 Å². The summed E-state index contributed by atoms with van der Waals surface area (Å²) in [7, 11) is 0. The van der Waals surface area contributed by atoms with Gasteiger partial charge in [0.05, 0.1) is 6.10 Å². The Morgan fingerprint density at radius 1 is 1.18 bits per heavy atom. The highest BCUT2D eigenvalue weighted by Gasteiger charge is 2.17. The van der Waals surface area contributed by atoms with Gasteiger partial charge in [0.15, 0.2) is 0 Å². The van der Waals surface area contributed by atoms with E-state index in [1.807, 2.05) is 0 Å². The van der Waals surface area contributed by atoms with E-state index in [-0.39, 0.29) is 11.8 Å². The Bertz CT molecular complexity index is 198. The topological polar surface area (TPSA) is 49.3 Å². The molecule has 0 bridgehead atoms. The smallest absolute Gasteiger partial charge is 0.223 e. The van der Waals surface area contributed by atoms with E-state index >= 15 is 0 Å². The lowest BCUT2D eigenvalue weighted by molar-refractivity contribution is -0.126. The molecule has 0 spiro atoms. The maximum atomic E-state index is 11.9. The van der Waals surface area contributed by atoms with Gasteiger partial charge >= 0.3 is 0 Å². The van der Waals surface area contributed by atoms with Gasteiger partial charge in [-0.15, -0.1) is 0 Å². The van der Waals surface area contributed by atoms with Crippen molar-refractivity contribution in [1.82, 2.24) is 5.32 Å². The van der Waals surface area contributed by atoms with Crippen LogP contribution in [0, 0.1) is 11.8 Å². The van der Waals surface area contributed by atoms with Crippen LogP contribution >= 0.6 is 0 Å². The van der Waals surface area contributed by atoms with Gasteiger partial charge in [-0.05, 0) is 25.2 Å². The molecule has 0 aromatic rings. The van der Waals surface area contributed by atoms with Crippen molar-refractivity contribution in [2.75, 3.05) is 6.54 Å². The van der Waals surface area contributed by atoms with Crippen LogP contribution in [0.25, 0.3) is 0 Å². The van der Waals surface area contributed by atoms with Crippen LogP contribution in [0.15, 0.2) is 0 Å². The molecule has 1 unspecified atom stereocenters. The Kier molecular flexibility index (Phi) is 9.14. The van der Waals surface area contributed by atoms with Crippen molar-refractivity contribution in [3.8, 4) is 0 Å². The summed E-state index contributed by atoms with van der Waals surface area (Å²) in [4.78, 5) is 11.9. The fraction of sp³-hybridized carbons (Fsp3) is 0.929. The van der Waals surface area contributed by atoms with Crippen LogP contribution in [0.4, 0.5) is 0 Å². The molecule has 1 amide bonds. The van der Waals surface area contributed by atoms with Crippen molar-refractivity contribution in [3.05, 3.63) is 0 Å². The molecule has 0 fully saturated rings. The van der Waals surface area contributed by atoms with Crippen molar-refractivity contribution in [1.29, 1.82) is 0 Å². The van der Waals surface area contributed by atoms with E-state index in [9.17, 15) is 9.90 Å². The van der Waals surface area contributed by atoms with Gasteiger partial charge in [-0.2, -0.15) is 0 Å². The molecule has 0 heterocycles. The monoisotopic (exact) mass is 243 g/mol. The predicted molar refractivity (Wildman–Crippen MR) is 71.8 cm³/mol. The van der Waals surface area contributed by atoms with Gasteiger partial charge < -0.3 is 10.4 Å². The fourth-order valence-electron chi connectivity index (χ4n) is 2.09. The molecule has 0 aliphatic heterocycles. The number of carbonyl (C=O) groups is 1. The summed E-state index contributed by atoms with van der Waals surface area (Å²) in [6.45, 7) is 8.73.